The molecule has 2 rings (SSSR count). The van der Waals surface area contributed by atoms with Crippen LogP contribution >= 0.6 is 38.9 Å². The summed E-state index contributed by atoms with van der Waals surface area (Å²) in [6.07, 6.45) is -0.493. The Bertz CT molecular complexity index is 529. The lowest BCUT2D eigenvalue weighted by atomic mass is 10.1. The van der Waals surface area contributed by atoms with Crippen LogP contribution in [0.2, 0.25) is 4.34 Å². The molecule has 0 amide bonds. The van der Waals surface area contributed by atoms with E-state index < -0.39 is 11.9 Å². The predicted molar refractivity (Wildman–Crippen MR) is 72.1 cm³/mol. The van der Waals surface area contributed by atoms with Gasteiger partial charge in [-0.05, 0) is 34.1 Å². The summed E-state index contributed by atoms with van der Waals surface area (Å²) in [6, 6.07) is 8.50. The molecule has 1 aromatic carbocycles. The Kier molecular flexibility index (Phi) is 4.20. The molecule has 5 heteroatoms. The van der Waals surface area contributed by atoms with Crippen LogP contribution in [0.25, 0.3) is 0 Å². The summed E-state index contributed by atoms with van der Waals surface area (Å²) in [7, 11) is 0. The van der Waals surface area contributed by atoms with Crippen LogP contribution in [0.4, 0.5) is 4.39 Å². The van der Waals surface area contributed by atoms with Crippen LogP contribution in [0, 0.1) is 5.82 Å². The van der Waals surface area contributed by atoms with Gasteiger partial charge >= 0.3 is 0 Å². The average Bonchev–Trinajstić information content (AvgIpc) is 2.68. The fourth-order valence-electron chi connectivity index (χ4n) is 1.54. The molecular weight excluding hydrogens is 327 g/mol. The Labute approximate surface area is 116 Å². The van der Waals surface area contributed by atoms with Crippen LogP contribution in [0.15, 0.2) is 34.8 Å². The van der Waals surface area contributed by atoms with Crippen molar-refractivity contribution in [1.29, 1.82) is 0 Å². The summed E-state index contributed by atoms with van der Waals surface area (Å²) >= 11 is 10.3. The SMILES string of the molecule is OC(Cc1ccc(Cl)s1)c1cccc(Br)c1F. The summed E-state index contributed by atoms with van der Waals surface area (Å²) in [5, 5.41) is 9.99. The molecule has 90 valence electrons. The van der Waals surface area contributed by atoms with Crippen molar-refractivity contribution in [1.82, 2.24) is 0 Å². The smallest absolute Gasteiger partial charge is 0.143 e. The minimum Gasteiger partial charge on any atom is -0.388 e. The quantitative estimate of drug-likeness (QED) is 0.870. The van der Waals surface area contributed by atoms with Crippen molar-refractivity contribution in [2.45, 2.75) is 12.5 Å². The number of rotatable bonds is 3. The van der Waals surface area contributed by atoms with Gasteiger partial charge in [0.25, 0.3) is 0 Å². The van der Waals surface area contributed by atoms with Gasteiger partial charge in [0.15, 0.2) is 0 Å². The van der Waals surface area contributed by atoms with Crippen molar-refractivity contribution in [2.75, 3.05) is 0 Å². The molecule has 0 radical (unpaired) electrons. The number of hydrogen-bond acceptors (Lipinski definition) is 2. The monoisotopic (exact) mass is 334 g/mol. The normalized spacial score (nSPS) is 12.7. The van der Waals surface area contributed by atoms with Crippen LogP contribution in [0.3, 0.4) is 0 Å². The number of thiophene rings is 1. The lowest BCUT2D eigenvalue weighted by molar-refractivity contribution is 0.174. The largest absolute Gasteiger partial charge is 0.388 e. The fourth-order valence-corrected chi connectivity index (χ4v) is 3.05. The van der Waals surface area contributed by atoms with Gasteiger partial charge in [-0.3, -0.25) is 0 Å². The summed E-state index contributed by atoms with van der Waals surface area (Å²) in [6.45, 7) is 0. The standard InChI is InChI=1S/C12H9BrClFOS/c13-9-3-1-2-8(12(9)15)10(16)6-7-4-5-11(14)17-7/h1-5,10,16H,6H2. The summed E-state index contributed by atoms with van der Waals surface area (Å²) in [5.41, 5.74) is 0.295. The van der Waals surface area contributed by atoms with E-state index in [1.165, 1.54) is 11.3 Å². The molecule has 1 atom stereocenters. The predicted octanol–water partition coefficient (Wildman–Crippen LogP) is 4.58. The van der Waals surface area contributed by atoms with E-state index in [1.807, 2.05) is 6.07 Å². The third kappa shape index (κ3) is 3.07. The van der Waals surface area contributed by atoms with Crippen molar-refractivity contribution in [3.63, 3.8) is 0 Å². The van der Waals surface area contributed by atoms with E-state index in [4.69, 9.17) is 11.6 Å². The first-order valence-electron chi connectivity index (χ1n) is 4.94. The van der Waals surface area contributed by atoms with Crippen molar-refractivity contribution in [3.05, 3.63) is 55.4 Å². The Morgan fingerprint density at radius 1 is 1.35 bits per heavy atom. The Morgan fingerprint density at radius 2 is 2.12 bits per heavy atom. The molecule has 0 aliphatic rings. The van der Waals surface area contributed by atoms with Crippen molar-refractivity contribution in [3.8, 4) is 0 Å². The number of aliphatic hydroxyl groups excluding tert-OH is 1. The van der Waals surface area contributed by atoms with E-state index in [9.17, 15) is 9.50 Å². The second-order valence-electron chi connectivity index (χ2n) is 3.57. The molecule has 1 heterocycles. The van der Waals surface area contributed by atoms with E-state index in [2.05, 4.69) is 15.9 Å². The minimum absolute atomic E-state index is 0.295. The lowest BCUT2D eigenvalue weighted by Gasteiger charge is -2.11. The van der Waals surface area contributed by atoms with Crippen LogP contribution in [-0.4, -0.2) is 5.11 Å². The highest BCUT2D eigenvalue weighted by Gasteiger charge is 2.16. The van der Waals surface area contributed by atoms with Crippen molar-refractivity contribution >= 4 is 38.9 Å². The second kappa shape index (κ2) is 5.48. The highest BCUT2D eigenvalue weighted by Crippen LogP contribution is 2.29. The molecular formula is C12H9BrClFOS. The molecule has 1 aromatic heterocycles. The zero-order valence-electron chi connectivity index (χ0n) is 8.66. The zero-order valence-corrected chi connectivity index (χ0v) is 11.8. The third-order valence-electron chi connectivity index (χ3n) is 2.36. The van der Waals surface area contributed by atoms with Gasteiger partial charge < -0.3 is 5.11 Å². The van der Waals surface area contributed by atoms with E-state index in [1.54, 1.807) is 24.3 Å². The first-order valence-corrected chi connectivity index (χ1v) is 6.93. The maximum Gasteiger partial charge on any atom is 0.143 e. The van der Waals surface area contributed by atoms with Gasteiger partial charge in [-0.1, -0.05) is 23.7 Å². The van der Waals surface area contributed by atoms with Gasteiger partial charge in [-0.15, -0.1) is 11.3 Å². The molecule has 0 bridgehead atoms. The molecule has 17 heavy (non-hydrogen) atoms. The van der Waals surface area contributed by atoms with Gasteiger partial charge in [-0.25, -0.2) is 4.39 Å². The van der Waals surface area contributed by atoms with Crippen molar-refractivity contribution in [2.24, 2.45) is 0 Å². The zero-order chi connectivity index (χ0) is 12.4. The number of aliphatic hydroxyl groups is 1. The maximum atomic E-state index is 13.7. The van der Waals surface area contributed by atoms with Crippen LogP contribution in [-0.2, 0) is 6.42 Å². The Balaban J connectivity index is 2.20. The molecule has 0 spiro atoms. The third-order valence-corrected chi connectivity index (χ3v) is 4.23. The van der Waals surface area contributed by atoms with Gasteiger partial charge in [-0.2, -0.15) is 0 Å². The van der Waals surface area contributed by atoms with Gasteiger partial charge in [0, 0.05) is 16.9 Å². The number of halogens is 3. The molecule has 1 unspecified atom stereocenters. The topological polar surface area (TPSA) is 20.2 Å². The highest BCUT2D eigenvalue weighted by molar-refractivity contribution is 9.10. The Morgan fingerprint density at radius 3 is 2.76 bits per heavy atom. The molecule has 0 fully saturated rings. The van der Waals surface area contributed by atoms with Crippen molar-refractivity contribution < 1.29 is 9.50 Å². The van der Waals surface area contributed by atoms with E-state index in [0.717, 1.165) is 4.88 Å². The first kappa shape index (κ1) is 13.0. The highest BCUT2D eigenvalue weighted by atomic mass is 79.9. The molecule has 0 aliphatic carbocycles. The maximum absolute atomic E-state index is 13.7. The van der Waals surface area contributed by atoms with Crippen LogP contribution in [0.1, 0.15) is 16.5 Å². The summed E-state index contributed by atoms with van der Waals surface area (Å²) in [5.74, 6) is -0.414. The summed E-state index contributed by atoms with van der Waals surface area (Å²) < 4.78 is 14.8. The van der Waals surface area contributed by atoms with E-state index in [0.29, 0.717) is 20.8 Å². The lowest BCUT2D eigenvalue weighted by Crippen LogP contribution is -2.03. The molecule has 1 N–H and O–H groups in total. The number of benzene rings is 1. The Hall–Kier alpha value is -0.420. The average molecular weight is 336 g/mol. The number of hydrogen-bond donors (Lipinski definition) is 1. The van der Waals surface area contributed by atoms with Gasteiger partial charge in [0.05, 0.1) is 14.9 Å². The molecule has 0 saturated carbocycles. The van der Waals surface area contributed by atoms with Crippen LogP contribution in [0.5, 0.6) is 0 Å². The molecule has 2 aromatic rings. The first-order chi connectivity index (χ1) is 8.08. The van der Waals surface area contributed by atoms with E-state index in [-0.39, 0.29) is 0 Å². The molecule has 1 nitrogen and oxygen atoms in total. The summed E-state index contributed by atoms with van der Waals surface area (Å²) in [4.78, 5) is 0.932. The minimum atomic E-state index is -0.859. The molecule has 0 aliphatic heterocycles. The van der Waals surface area contributed by atoms with Crippen LogP contribution < -0.4 is 0 Å². The van der Waals surface area contributed by atoms with E-state index >= 15 is 0 Å². The fraction of sp³-hybridized carbons (Fsp3) is 0.167. The molecule has 0 saturated heterocycles. The van der Waals surface area contributed by atoms with Gasteiger partial charge in [0.1, 0.15) is 5.82 Å². The van der Waals surface area contributed by atoms with Gasteiger partial charge in [0.2, 0.25) is 0 Å². The second-order valence-corrected chi connectivity index (χ2v) is 6.22.